The highest BCUT2D eigenvalue weighted by molar-refractivity contribution is 6.47. The van der Waals surface area contributed by atoms with Gasteiger partial charge in [-0.05, 0) is 37.8 Å². The molecule has 2 heterocycles. The fourth-order valence-corrected chi connectivity index (χ4v) is 4.48. The standard InChI is InChI=1S/C23H30BN3O9/c1-4-7-26-8-9-27(21(31)20(26)30)23(34)25-18(13(3)28)16(29)11-15-10-14-6-5-12(2)17(22(32)33)19(14)36-24(15)35/h5-6,13,15,18,28,35H,4,7-11H2,1-3H3,(H,25,34)(H,32,33)/t13-,15-,18-/m1/s1. The van der Waals surface area contributed by atoms with Crippen molar-refractivity contribution in [2.45, 2.75) is 58.0 Å². The van der Waals surface area contributed by atoms with Crippen LogP contribution in [0.15, 0.2) is 12.1 Å². The number of nitrogens with zero attached hydrogens (tertiary/aromatic N) is 2. The molecule has 4 N–H and O–H groups in total. The third-order valence-electron chi connectivity index (χ3n) is 6.40. The van der Waals surface area contributed by atoms with Crippen LogP contribution in [0, 0.1) is 6.92 Å². The molecule has 36 heavy (non-hydrogen) atoms. The first kappa shape index (κ1) is 27.1. The van der Waals surface area contributed by atoms with E-state index >= 15 is 0 Å². The highest BCUT2D eigenvalue weighted by Gasteiger charge is 2.41. The molecular weight excluding hydrogens is 473 g/mol. The number of carboxylic acids is 1. The van der Waals surface area contributed by atoms with Crippen LogP contribution in [-0.2, 0) is 20.8 Å². The van der Waals surface area contributed by atoms with Gasteiger partial charge in [0.2, 0.25) is 0 Å². The molecule has 0 spiro atoms. The molecular formula is C23H30BN3O9. The van der Waals surface area contributed by atoms with E-state index in [-0.39, 0.29) is 37.2 Å². The molecule has 194 valence electrons. The number of hydrogen-bond acceptors (Lipinski definition) is 8. The number of piperazine rings is 1. The number of aliphatic hydroxyl groups is 1. The van der Waals surface area contributed by atoms with Crippen molar-refractivity contribution in [1.29, 1.82) is 0 Å². The van der Waals surface area contributed by atoms with Gasteiger partial charge in [0.15, 0.2) is 5.78 Å². The summed E-state index contributed by atoms with van der Waals surface area (Å²) in [4.78, 5) is 64.0. The number of carbonyl (C=O) groups is 5. The summed E-state index contributed by atoms with van der Waals surface area (Å²) in [6.07, 6.45) is -0.842. The number of rotatable bonds is 8. The van der Waals surface area contributed by atoms with Gasteiger partial charge in [-0.25, -0.2) is 9.59 Å². The smallest absolute Gasteiger partial charge is 0.526 e. The van der Waals surface area contributed by atoms with E-state index < -0.39 is 54.7 Å². The zero-order valence-electron chi connectivity index (χ0n) is 20.4. The van der Waals surface area contributed by atoms with Gasteiger partial charge in [-0.3, -0.25) is 19.3 Å². The number of aryl methyl sites for hydroxylation is 1. The van der Waals surface area contributed by atoms with E-state index in [0.717, 1.165) is 0 Å². The van der Waals surface area contributed by atoms with Gasteiger partial charge in [-0.1, -0.05) is 19.1 Å². The van der Waals surface area contributed by atoms with Crippen LogP contribution >= 0.6 is 0 Å². The number of urea groups is 1. The maximum atomic E-state index is 13.0. The quantitative estimate of drug-likeness (QED) is 0.281. The Hall–Kier alpha value is -3.45. The number of aliphatic hydroxyl groups excluding tert-OH is 1. The van der Waals surface area contributed by atoms with Crippen molar-refractivity contribution >= 4 is 36.7 Å². The lowest BCUT2D eigenvalue weighted by Gasteiger charge is -2.34. The van der Waals surface area contributed by atoms with E-state index in [2.05, 4.69) is 5.32 Å². The molecule has 1 aromatic rings. The lowest BCUT2D eigenvalue weighted by molar-refractivity contribution is -0.153. The van der Waals surface area contributed by atoms with E-state index in [1.54, 1.807) is 19.1 Å². The topological polar surface area (TPSA) is 174 Å². The second-order valence-electron chi connectivity index (χ2n) is 9.11. The van der Waals surface area contributed by atoms with Crippen molar-refractivity contribution in [3.8, 4) is 5.75 Å². The minimum atomic E-state index is -1.49. The summed E-state index contributed by atoms with van der Waals surface area (Å²) >= 11 is 0. The van der Waals surface area contributed by atoms with Gasteiger partial charge in [0.1, 0.15) is 17.4 Å². The summed E-state index contributed by atoms with van der Waals surface area (Å²) in [5.74, 6) is -4.37. The largest absolute Gasteiger partial charge is 0.535 e. The van der Waals surface area contributed by atoms with Crippen LogP contribution in [-0.4, -0.2) is 93.5 Å². The normalized spacial score (nSPS) is 19.4. The Bertz CT molecular complexity index is 1080. The van der Waals surface area contributed by atoms with Crippen molar-refractivity contribution in [3.63, 3.8) is 0 Å². The summed E-state index contributed by atoms with van der Waals surface area (Å²) < 4.78 is 5.47. The molecule has 0 aromatic heterocycles. The predicted molar refractivity (Wildman–Crippen MR) is 126 cm³/mol. The van der Waals surface area contributed by atoms with Gasteiger partial charge in [-0.2, -0.15) is 0 Å². The minimum absolute atomic E-state index is 0.0458. The molecule has 0 radical (unpaired) electrons. The van der Waals surface area contributed by atoms with Crippen LogP contribution in [0.4, 0.5) is 4.79 Å². The molecule has 0 aliphatic carbocycles. The molecule has 1 saturated heterocycles. The predicted octanol–water partition coefficient (Wildman–Crippen LogP) is -0.0222. The number of fused-ring (bicyclic) bond motifs is 1. The first-order valence-electron chi connectivity index (χ1n) is 11.8. The molecule has 4 amide bonds. The Morgan fingerprint density at radius 2 is 1.92 bits per heavy atom. The lowest BCUT2D eigenvalue weighted by Crippen LogP contribution is -2.61. The molecule has 3 atom stereocenters. The van der Waals surface area contributed by atoms with Crippen LogP contribution in [0.2, 0.25) is 5.82 Å². The number of imide groups is 1. The SMILES string of the molecule is CCCN1CCN(C(=O)N[C@@H](C(=O)C[C@H]2Cc3ccc(C)c(C(=O)O)c3OB2O)[C@@H](C)O)C(=O)C1=O. The van der Waals surface area contributed by atoms with E-state index in [1.807, 2.05) is 6.92 Å². The molecule has 13 heteroatoms. The zero-order chi connectivity index (χ0) is 26.7. The second kappa shape index (κ2) is 11.1. The number of benzene rings is 1. The number of carbonyl (C=O) groups excluding carboxylic acids is 4. The maximum absolute atomic E-state index is 13.0. The third kappa shape index (κ3) is 5.52. The third-order valence-corrected chi connectivity index (χ3v) is 6.40. The number of Topliss-reactive ketones (excluding diaryl/α,β-unsaturated/α-hetero) is 1. The number of amides is 4. The summed E-state index contributed by atoms with van der Waals surface area (Å²) in [6, 6.07) is 0.890. The minimum Gasteiger partial charge on any atom is -0.535 e. The van der Waals surface area contributed by atoms with E-state index in [1.165, 1.54) is 11.8 Å². The molecule has 2 aliphatic heterocycles. The van der Waals surface area contributed by atoms with Crippen molar-refractivity contribution in [1.82, 2.24) is 15.1 Å². The molecule has 0 saturated carbocycles. The highest BCUT2D eigenvalue weighted by atomic mass is 16.5. The van der Waals surface area contributed by atoms with E-state index in [0.29, 0.717) is 29.0 Å². The molecule has 2 aliphatic rings. The average molecular weight is 503 g/mol. The Labute approximate surface area is 208 Å². The monoisotopic (exact) mass is 503 g/mol. The van der Waals surface area contributed by atoms with Gasteiger partial charge < -0.3 is 30.1 Å². The zero-order valence-corrected chi connectivity index (χ0v) is 20.4. The van der Waals surface area contributed by atoms with Crippen LogP contribution in [0.1, 0.15) is 48.2 Å². The fourth-order valence-electron chi connectivity index (χ4n) is 4.48. The van der Waals surface area contributed by atoms with Crippen LogP contribution in [0.3, 0.4) is 0 Å². The Morgan fingerprint density at radius 3 is 2.53 bits per heavy atom. The summed E-state index contributed by atoms with van der Waals surface area (Å²) in [7, 11) is -1.49. The average Bonchev–Trinajstić information content (AvgIpc) is 2.80. The van der Waals surface area contributed by atoms with E-state index in [9.17, 15) is 39.2 Å². The molecule has 3 rings (SSSR count). The van der Waals surface area contributed by atoms with Gasteiger partial charge in [0.25, 0.3) is 0 Å². The van der Waals surface area contributed by atoms with Gasteiger partial charge >= 0.3 is 30.9 Å². The summed E-state index contributed by atoms with van der Waals surface area (Å²) in [5, 5.41) is 32.5. The van der Waals surface area contributed by atoms with Gasteiger partial charge in [0.05, 0.1) is 6.10 Å². The fraction of sp³-hybridized carbons (Fsp3) is 0.522. The Balaban J connectivity index is 1.70. The first-order chi connectivity index (χ1) is 17.0. The lowest BCUT2D eigenvalue weighted by atomic mass is 9.64. The molecule has 12 nitrogen and oxygen atoms in total. The summed E-state index contributed by atoms with van der Waals surface area (Å²) in [6.45, 7) is 5.26. The second-order valence-corrected chi connectivity index (χ2v) is 9.11. The molecule has 0 unspecified atom stereocenters. The van der Waals surface area contributed by atoms with Crippen molar-refractivity contribution in [2.24, 2.45) is 0 Å². The van der Waals surface area contributed by atoms with Crippen LogP contribution < -0.4 is 9.97 Å². The molecule has 1 aromatic carbocycles. The van der Waals surface area contributed by atoms with Gasteiger partial charge in [-0.15, -0.1) is 0 Å². The Kier molecular flexibility index (Phi) is 8.36. The maximum Gasteiger partial charge on any atom is 0.526 e. The first-order valence-corrected chi connectivity index (χ1v) is 11.8. The number of hydrogen-bond donors (Lipinski definition) is 4. The van der Waals surface area contributed by atoms with Crippen LogP contribution in [0.5, 0.6) is 5.75 Å². The van der Waals surface area contributed by atoms with Crippen molar-refractivity contribution < 1.29 is 43.9 Å². The van der Waals surface area contributed by atoms with E-state index in [4.69, 9.17) is 4.65 Å². The number of aromatic carboxylic acids is 1. The summed E-state index contributed by atoms with van der Waals surface area (Å²) in [5.41, 5.74) is 0.903. The molecule has 1 fully saturated rings. The molecule has 0 bridgehead atoms. The van der Waals surface area contributed by atoms with Crippen molar-refractivity contribution in [3.05, 3.63) is 28.8 Å². The van der Waals surface area contributed by atoms with Crippen molar-refractivity contribution in [2.75, 3.05) is 19.6 Å². The highest BCUT2D eigenvalue weighted by Crippen LogP contribution is 2.37. The number of nitrogens with one attached hydrogen (secondary N) is 1. The number of ketones is 1. The van der Waals surface area contributed by atoms with Gasteiger partial charge in [0, 0.05) is 31.9 Å². The number of carboxylic acid groups (broad SMARTS) is 1. The van der Waals surface area contributed by atoms with Crippen LogP contribution in [0.25, 0.3) is 0 Å². The Morgan fingerprint density at radius 1 is 1.22 bits per heavy atom.